The number of aromatic nitrogens is 2. The van der Waals surface area contributed by atoms with Gasteiger partial charge in [-0.15, -0.1) is 0 Å². The zero-order valence-corrected chi connectivity index (χ0v) is 22.3. The van der Waals surface area contributed by atoms with Crippen molar-refractivity contribution < 1.29 is 4.79 Å². The summed E-state index contributed by atoms with van der Waals surface area (Å²) in [6.07, 6.45) is 2.84. The van der Waals surface area contributed by atoms with E-state index in [1.165, 1.54) is 23.7 Å². The fraction of sp³-hybridized carbons (Fsp3) is 0.233. The summed E-state index contributed by atoms with van der Waals surface area (Å²) in [5.74, 6) is -0.0985. The number of carbonyl (C=O) groups is 1. The van der Waals surface area contributed by atoms with Crippen LogP contribution in [-0.2, 0) is 11.2 Å². The molecular formula is C30H31N5OS. The quantitative estimate of drug-likeness (QED) is 0.304. The van der Waals surface area contributed by atoms with E-state index in [2.05, 4.69) is 76.2 Å². The maximum Gasteiger partial charge on any atom is 0.221 e. The lowest BCUT2D eigenvalue weighted by Crippen LogP contribution is -2.29. The van der Waals surface area contributed by atoms with Crippen LogP contribution >= 0.6 is 12.2 Å². The Hall–Kier alpha value is -3.97. The van der Waals surface area contributed by atoms with Crippen molar-refractivity contribution in [2.24, 2.45) is 0 Å². The second-order valence-corrected chi connectivity index (χ2v) is 9.79. The van der Waals surface area contributed by atoms with Crippen LogP contribution in [0.2, 0.25) is 0 Å². The monoisotopic (exact) mass is 509 g/mol. The SMILES string of the molecule is CCc1ccc(-n2c(C)cc([C@@H]3[C@@H](c4ccccn4)NC(=S)N3c3ccc(NC(C)=O)cc3)c2C)cc1. The molecule has 0 radical (unpaired) electrons. The highest BCUT2D eigenvalue weighted by molar-refractivity contribution is 7.80. The van der Waals surface area contributed by atoms with Crippen molar-refractivity contribution in [3.8, 4) is 5.69 Å². The van der Waals surface area contributed by atoms with Crippen LogP contribution in [0.1, 0.15) is 54.1 Å². The number of carbonyl (C=O) groups excluding carboxylic acids is 1. The molecule has 7 heteroatoms. The van der Waals surface area contributed by atoms with Gasteiger partial charge in [0.05, 0.1) is 17.8 Å². The standard InChI is InChI=1S/C30H31N5OS/c1-5-22-9-13-24(14-10-22)34-19(2)18-26(20(34)3)29-28(27-8-6-7-17-31-27)33-30(37)35(29)25-15-11-23(12-16-25)32-21(4)36/h6-18,28-29H,5H2,1-4H3,(H,32,36)(H,33,37)/t28-,29-/m1/s1. The molecule has 0 bridgehead atoms. The Kier molecular flexibility index (Phi) is 6.80. The molecule has 1 aliphatic heterocycles. The summed E-state index contributed by atoms with van der Waals surface area (Å²) in [6, 6.07) is 24.6. The van der Waals surface area contributed by atoms with Gasteiger partial charge in [0.15, 0.2) is 5.11 Å². The molecule has 1 fully saturated rings. The van der Waals surface area contributed by atoms with Gasteiger partial charge in [0.2, 0.25) is 5.91 Å². The minimum atomic E-state index is -0.125. The maximum atomic E-state index is 11.5. The summed E-state index contributed by atoms with van der Waals surface area (Å²) < 4.78 is 2.31. The van der Waals surface area contributed by atoms with Gasteiger partial charge in [-0.3, -0.25) is 9.78 Å². The Bertz CT molecular complexity index is 1430. The zero-order chi connectivity index (χ0) is 26.1. The first-order valence-corrected chi connectivity index (χ1v) is 12.9. The number of nitrogens with zero attached hydrogens (tertiary/aromatic N) is 3. The number of anilines is 2. The Balaban J connectivity index is 1.61. The van der Waals surface area contributed by atoms with Gasteiger partial charge in [0.1, 0.15) is 0 Å². The molecule has 0 saturated carbocycles. The number of benzene rings is 2. The van der Waals surface area contributed by atoms with Crippen molar-refractivity contribution in [3.63, 3.8) is 0 Å². The number of hydrogen-bond acceptors (Lipinski definition) is 3. The lowest BCUT2D eigenvalue weighted by molar-refractivity contribution is -0.114. The maximum absolute atomic E-state index is 11.5. The number of nitrogens with one attached hydrogen (secondary N) is 2. The fourth-order valence-corrected chi connectivity index (χ4v) is 5.57. The largest absolute Gasteiger partial charge is 0.351 e. The van der Waals surface area contributed by atoms with Crippen LogP contribution in [0.15, 0.2) is 79.0 Å². The summed E-state index contributed by atoms with van der Waals surface area (Å²) in [5, 5.41) is 7.02. The van der Waals surface area contributed by atoms with E-state index >= 15 is 0 Å². The number of amides is 1. The van der Waals surface area contributed by atoms with E-state index < -0.39 is 0 Å². The summed E-state index contributed by atoms with van der Waals surface area (Å²) in [5.41, 5.74) is 8.62. The molecule has 2 N–H and O–H groups in total. The highest BCUT2D eigenvalue weighted by atomic mass is 32.1. The van der Waals surface area contributed by atoms with Crippen LogP contribution in [0.25, 0.3) is 5.69 Å². The minimum Gasteiger partial charge on any atom is -0.351 e. The van der Waals surface area contributed by atoms with Gasteiger partial charge in [0, 0.05) is 41.6 Å². The third kappa shape index (κ3) is 4.74. The van der Waals surface area contributed by atoms with E-state index in [9.17, 15) is 4.79 Å². The molecule has 3 heterocycles. The summed E-state index contributed by atoms with van der Waals surface area (Å²) in [4.78, 5) is 18.4. The first kappa shape index (κ1) is 24.7. The molecule has 188 valence electrons. The van der Waals surface area contributed by atoms with Crippen molar-refractivity contribution in [2.75, 3.05) is 10.2 Å². The second-order valence-electron chi connectivity index (χ2n) is 9.41. The number of hydrogen-bond donors (Lipinski definition) is 2. The molecule has 1 saturated heterocycles. The van der Waals surface area contributed by atoms with Gasteiger partial charge in [-0.05, 0) is 98.2 Å². The van der Waals surface area contributed by atoms with Crippen molar-refractivity contribution in [1.29, 1.82) is 0 Å². The molecule has 1 amide bonds. The van der Waals surface area contributed by atoms with Crippen LogP contribution < -0.4 is 15.5 Å². The molecule has 4 aromatic rings. The van der Waals surface area contributed by atoms with Crippen LogP contribution in [0.3, 0.4) is 0 Å². The van der Waals surface area contributed by atoms with E-state index in [1.54, 1.807) is 0 Å². The smallest absolute Gasteiger partial charge is 0.221 e. The van der Waals surface area contributed by atoms with Gasteiger partial charge >= 0.3 is 0 Å². The van der Waals surface area contributed by atoms with Gasteiger partial charge in [-0.2, -0.15) is 0 Å². The molecular weight excluding hydrogens is 478 g/mol. The normalized spacial score (nSPS) is 17.1. The average molecular weight is 510 g/mol. The topological polar surface area (TPSA) is 62.2 Å². The molecule has 0 aliphatic carbocycles. The molecule has 37 heavy (non-hydrogen) atoms. The highest BCUT2D eigenvalue weighted by Gasteiger charge is 2.42. The Morgan fingerprint density at radius 1 is 1.03 bits per heavy atom. The lowest BCUT2D eigenvalue weighted by atomic mass is 9.96. The van der Waals surface area contributed by atoms with E-state index in [-0.39, 0.29) is 18.0 Å². The lowest BCUT2D eigenvalue weighted by Gasteiger charge is -2.28. The van der Waals surface area contributed by atoms with Gasteiger partial charge < -0.3 is 20.1 Å². The highest BCUT2D eigenvalue weighted by Crippen LogP contribution is 2.43. The number of pyridine rings is 1. The molecule has 2 aromatic heterocycles. The first-order valence-electron chi connectivity index (χ1n) is 12.5. The molecule has 2 atom stereocenters. The van der Waals surface area contributed by atoms with Gasteiger partial charge in [0.25, 0.3) is 0 Å². The molecule has 0 spiro atoms. The molecule has 5 rings (SSSR count). The Morgan fingerprint density at radius 3 is 2.35 bits per heavy atom. The van der Waals surface area contributed by atoms with Gasteiger partial charge in [-0.25, -0.2) is 0 Å². The average Bonchev–Trinajstić information content (AvgIpc) is 3.39. The molecule has 0 unspecified atom stereocenters. The van der Waals surface area contributed by atoms with Crippen molar-refractivity contribution >= 4 is 34.6 Å². The molecule has 6 nitrogen and oxygen atoms in total. The van der Waals surface area contributed by atoms with E-state index in [0.29, 0.717) is 5.11 Å². The summed E-state index contributed by atoms with van der Waals surface area (Å²) in [6.45, 7) is 8.00. The second kappa shape index (κ2) is 10.2. The zero-order valence-electron chi connectivity index (χ0n) is 21.5. The van der Waals surface area contributed by atoms with E-state index in [4.69, 9.17) is 12.2 Å². The predicted octanol–water partition coefficient (Wildman–Crippen LogP) is 6.19. The Labute approximate surface area is 223 Å². The first-order chi connectivity index (χ1) is 17.9. The fourth-order valence-electron chi connectivity index (χ4n) is 5.22. The summed E-state index contributed by atoms with van der Waals surface area (Å²) in [7, 11) is 0. The van der Waals surface area contributed by atoms with Crippen molar-refractivity contribution in [3.05, 3.63) is 107 Å². The summed E-state index contributed by atoms with van der Waals surface area (Å²) >= 11 is 5.89. The number of thiocarbonyl (C=S) groups is 1. The van der Waals surface area contributed by atoms with Gasteiger partial charge in [-0.1, -0.05) is 25.1 Å². The van der Waals surface area contributed by atoms with Crippen LogP contribution in [-0.4, -0.2) is 20.6 Å². The third-order valence-corrected chi connectivity index (χ3v) is 7.27. The third-order valence-electron chi connectivity index (χ3n) is 6.96. The Morgan fingerprint density at radius 2 is 1.73 bits per heavy atom. The number of aryl methyl sites for hydroxylation is 2. The minimum absolute atomic E-state index is 0.0985. The number of rotatable bonds is 6. The van der Waals surface area contributed by atoms with Crippen LogP contribution in [0.5, 0.6) is 0 Å². The molecule has 2 aromatic carbocycles. The van der Waals surface area contributed by atoms with Crippen LogP contribution in [0.4, 0.5) is 11.4 Å². The van der Waals surface area contributed by atoms with E-state index in [1.807, 2.05) is 48.7 Å². The molecule has 1 aliphatic rings. The van der Waals surface area contributed by atoms with Crippen LogP contribution in [0, 0.1) is 13.8 Å². The van der Waals surface area contributed by atoms with Crippen molar-refractivity contribution in [2.45, 2.75) is 46.2 Å². The van der Waals surface area contributed by atoms with Crippen molar-refractivity contribution in [1.82, 2.24) is 14.9 Å². The van der Waals surface area contributed by atoms with E-state index in [0.717, 1.165) is 34.9 Å². The predicted molar refractivity (Wildman–Crippen MR) is 153 cm³/mol.